The number of amides is 2. The Morgan fingerprint density at radius 2 is 1.64 bits per heavy atom. The lowest BCUT2D eigenvalue weighted by Gasteiger charge is -2.24. The Kier molecular flexibility index (Phi) is 11.8. The molecule has 0 atom stereocenters. The maximum atomic E-state index is 13.4. The van der Waals surface area contributed by atoms with E-state index in [4.69, 9.17) is 30.5 Å². The molecule has 0 radical (unpaired) electrons. The Morgan fingerprint density at radius 3 is 2.29 bits per heavy atom. The number of methoxy groups -OCH3 is 1. The summed E-state index contributed by atoms with van der Waals surface area (Å²) < 4.78 is 23.4. The van der Waals surface area contributed by atoms with Gasteiger partial charge in [-0.1, -0.05) is 11.6 Å². The van der Waals surface area contributed by atoms with E-state index in [-0.39, 0.29) is 18.2 Å². The van der Waals surface area contributed by atoms with Crippen molar-refractivity contribution < 1.29 is 33.3 Å². The van der Waals surface area contributed by atoms with E-state index in [2.05, 4.69) is 5.32 Å². The Balaban J connectivity index is 1.49. The van der Waals surface area contributed by atoms with Gasteiger partial charge < -0.3 is 29.2 Å². The van der Waals surface area contributed by atoms with Gasteiger partial charge in [-0.2, -0.15) is 0 Å². The molecule has 3 rings (SSSR count). The predicted molar refractivity (Wildman–Crippen MR) is 162 cm³/mol. The molecule has 0 unspecified atom stereocenters. The number of rotatable bonds is 13. The van der Waals surface area contributed by atoms with Crippen molar-refractivity contribution in [2.75, 3.05) is 53.7 Å². The normalized spacial score (nSPS) is 11.4. The van der Waals surface area contributed by atoms with Gasteiger partial charge in [0.15, 0.2) is 0 Å². The van der Waals surface area contributed by atoms with E-state index in [0.29, 0.717) is 67.1 Å². The molecule has 0 bridgehead atoms. The molecule has 2 aromatic carbocycles. The minimum atomic E-state index is -0.544. The molecule has 0 aliphatic carbocycles. The Bertz CT molecular complexity index is 1380. The summed E-state index contributed by atoms with van der Waals surface area (Å²) in [4.78, 5) is 39.7. The Labute approximate surface area is 251 Å². The standard InChI is InChI=1S/C31H40ClN3O7/c1-21-25(20-28(36)33-13-15-40-17-18-41-16-14-34(5)30(38)42-31(2,3)4)26-19-24(39-6)11-12-27(26)35(21)29(37)22-7-9-23(32)10-8-22/h7-12,19H,13-18,20H2,1-6H3,(H,33,36). The summed E-state index contributed by atoms with van der Waals surface area (Å²) in [7, 11) is 3.23. The first kappa shape index (κ1) is 32.9. The van der Waals surface area contributed by atoms with Crippen molar-refractivity contribution in [3.05, 3.63) is 64.3 Å². The van der Waals surface area contributed by atoms with Crippen LogP contribution >= 0.6 is 11.6 Å². The number of aromatic nitrogens is 1. The molecule has 0 aliphatic heterocycles. The summed E-state index contributed by atoms with van der Waals surface area (Å²) in [6.07, 6.45) is -0.310. The number of benzene rings is 2. The minimum Gasteiger partial charge on any atom is -0.497 e. The van der Waals surface area contributed by atoms with Gasteiger partial charge in [-0.05, 0) is 75.7 Å². The van der Waals surface area contributed by atoms with Crippen LogP contribution in [-0.4, -0.2) is 86.7 Å². The summed E-state index contributed by atoms with van der Waals surface area (Å²) in [5.41, 5.74) is 2.06. The molecule has 1 N–H and O–H groups in total. The molecule has 0 saturated carbocycles. The Hall–Kier alpha value is -3.60. The first-order chi connectivity index (χ1) is 19.9. The number of fused-ring (bicyclic) bond motifs is 1. The molecule has 0 fully saturated rings. The third-order valence-electron chi connectivity index (χ3n) is 6.39. The van der Waals surface area contributed by atoms with Gasteiger partial charge in [0.25, 0.3) is 5.91 Å². The number of hydrogen-bond acceptors (Lipinski definition) is 7. The van der Waals surface area contributed by atoms with Crippen LogP contribution in [0.15, 0.2) is 42.5 Å². The molecular formula is C31H40ClN3O7. The summed E-state index contributed by atoms with van der Waals surface area (Å²) >= 11 is 6.00. The van der Waals surface area contributed by atoms with Gasteiger partial charge in [0.05, 0.1) is 45.5 Å². The fourth-order valence-corrected chi connectivity index (χ4v) is 4.36. The summed E-state index contributed by atoms with van der Waals surface area (Å²) in [6, 6.07) is 12.2. The molecule has 0 aliphatic rings. The number of nitrogens with zero attached hydrogens (tertiary/aromatic N) is 2. The topological polar surface area (TPSA) is 108 Å². The van der Waals surface area contributed by atoms with Crippen molar-refractivity contribution in [2.24, 2.45) is 0 Å². The third kappa shape index (κ3) is 9.20. The molecule has 1 aromatic heterocycles. The number of carbonyl (C=O) groups is 3. The van der Waals surface area contributed by atoms with Crippen molar-refractivity contribution in [3.63, 3.8) is 0 Å². The number of halogens is 1. The zero-order valence-corrected chi connectivity index (χ0v) is 25.9. The van der Waals surface area contributed by atoms with E-state index >= 15 is 0 Å². The average Bonchev–Trinajstić information content (AvgIpc) is 3.20. The molecule has 3 aromatic rings. The Morgan fingerprint density at radius 1 is 0.976 bits per heavy atom. The lowest BCUT2D eigenvalue weighted by atomic mass is 10.1. The zero-order chi connectivity index (χ0) is 30.9. The lowest BCUT2D eigenvalue weighted by Crippen LogP contribution is -2.36. The van der Waals surface area contributed by atoms with Crippen LogP contribution in [0.1, 0.15) is 42.4 Å². The highest BCUT2D eigenvalue weighted by Gasteiger charge is 2.22. The van der Waals surface area contributed by atoms with Crippen molar-refractivity contribution >= 4 is 40.4 Å². The van der Waals surface area contributed by atoms with Gasteiger partial charge >= 0.3 is 6.09 Å². The highest BCUT2D eigenvalue weighted by Crippen LogP contribution is 2.31. The third-order valence-corrected chi connectivity index (χ3v) is 6.64. The fourth-order valence-electron chi connectivity index (χ4n) is 4.24. The first-order valence-electron chi connectivity index (χ1n) is 13.8. The highest BCUT2D eigenvalue weighted by atomic mass is 35.5. The number of carbonyl (C=O) groups excluding carboxylic acids is 3. The lowest BCUT2D eigenvalue weighted by molar-refractivity contribution is -0.120. The van der Waals surface area contributed by atoms with Crippen LogP contribution in [-0.2, 0) is 25.4 Å². The van der Waals surface area contributed by atoms with Crippen LogP contribution < -0.4 is 10.1 Å². The molecule has 11 heteroatoms. The number of ether oxygens (including phenoxy) is 4. The van der Waals surface area contributed by atoms with E-state index in [0.717, 1.165) is 10.9 Å². The van der Waals surface area contributed by atoms with Crippen molar-refractivity contribution in [1.82, 2.24) is 14.8 Å². The zero-order valence-electron chi connectivity index (χ0n) is 25.1. The molecule has 2 amide bonds. The van der Waals surface area contributed by atoms with E-state index in [1.807, 2.05) is 39.8 Å². The fraction of sp³-hybridized carbons (Fsp3) is 0.452. The van der Waals surface area contributed by atoms with Crippen LogP contribution in [0.5, 0.6) is 5.75 Å². The maximum Gasteiger partial charge on any atom is 0.410 e. The minimum absolute atomic E-state index is 0.0880. The summed E-state index contributed by atoms with van der Waals surface area (Å²) in [5, 5.41) is 4.19. The van der Waals surface area contributed by atoms with Gasteiger partial charge in [-0.25, -0.2) is 4.79 Å². The van der Waals surface area contributed by atoms with Crippen LogP contribution in [0.25, 0.3) is 10.9 Å². The summed E-state index contributed by atoms with van der Waals surface area (Å²) in [5.74, 6) is 0.231. The second kappa shape index (κ2) is 15.0. The van der Waals surface area contributed by atoms with Gasteiger partial charge in [0.1, 0.15) is 11.4 Å². The van der Waals surface area contributed by atoms with E-state index < -0.39 is 11.7 Å². The van der Waals surface area contributed by atoms with E-state index in [9.17, 15) is 14.4 Å². The molecule has 228 valence electrons. The molecular weight excluding hydrogens is 562 g/mol. The molecule has 0 spiro atoms. The van der Waals surface area contributed by atoms with Crippen LogP contribution in [0.2, 0.25) is 5.02 Å². The average molecular weight is 602 g/mol. The predicted octanol–water partition coefficient (Wildman–Crippen LogP) is 4.86. The van der Waals surface area contributed by atoms with Crippen molar-refractivity contribution in [3.8, 4) is 5.75 Å². The SMILES string of the molecule is COc1ccc2c(c1)c(CC(=O)NCCOCCOCCN(C)C(=O)OC(C)(C)C)c(C)n2C(=O)c1ccc(Cl)cc1. The molecule has 42 heavy (non-hydrogen) atoms. The number of hydrogen-bond donors (Lipinski definition) is 1. The van der Waals surface area contributed by atoms with Crippen LogP contribution in [0.4, 0.5) is 4.79 Å². The second-order valence-corrected chi connectivity index (χ2v) is 11.2. The van der Waals surface area contributed by atoms with Gasteiger partial charge in [-0.15, -0.1) is 0 Å². The van der Waals surface area contributed by atoms with Gasteiger partial charge in [-0.3, -0.25) is 14.2 Å². The summed E-state index contributed by atoms with van der Waals surface area (Å²) in [6.45, 7) is 9.39. The van der Waals surface area contributed by atoms with Crippen molar-refractivity contribution in [1.29, 1.82) is 0 Å². The molecule has 10 nitrogen and oxygen atoms in total. The van der Waals surface area contributed by atoms with E-state index in [1.165, 1.54) is 4.90 Å². The van der Waals surface area contributed by atoms with Crippen molar-refractivity contribution in [2.45, 2.75) is 39.7 Å². The molecule has 1 heterocycles. The van der Waals surface area contributed by atoms with Crippen LogP contribution in [0.3, 0.4) is 0 Å². The highest BCUT2D eigenvalue weighted by molar-refractivity contribution is 6.30. The van der Waals surface area contributed by atoms with Crippen LogP contribution in [0, 0.1) is 6.92 Å². The molecule has 0 saturated heterocycles. The quantitative estimate of drug-likeness (QED) is 0.279. The van der Waals surface area contributed by atoms with E-state index in [1.54, 1.807) is 49.1 Å². The van der Waals surface area contributed by atoms with Gasteiger partial charge in [0.2, 0.25) is 5.91 Å². The van der Waals surface area contributed by atoms with Gasteiger partial charge in [0, 0.05) is 41.8 Å². The largest absolute Gasteiger partial charge is 0.497 e. The number of likely N-dealkylation sites (N-methyl/N-ethyl adjacent to an activating group) is 1. The number of nitrogens with one attached hydrogen (secondary N) is 1. The monoisotopic (exact) mass is 601 g/mol. The second-order valence-electron chi connectivity index (χ2n) is 10.7. The maximum absolute atomic E-state index is 13.4. The smallest absolute Gasteiger partial charge is 0.410 e. The first-order valence-corrected chi connectivity index (χ1v) is 14.1.